The number of hydrogen-bond acceptors (Lipinski definition) is 3. The molecule has 0 spiro atoms. The van der Waals surface area contributed by atoms with Crippen LogP contribution in [-0.2, 0) is 4.79 Å². The third-order valence-electron chi connectivity index (χ3n) is 4.33. The topological polar surface area (TPSA) is 40.5 Å². The van der Waals surface area contributed by atoms with Crippen LogP contribution in [-0.4, -0.2) is 41.5 Å². The van der Waals surface area contributed by atoms with Gasteiger partial charge in [0, 0.05) is 38.1 Å². The molecule has 0 bridgehead atoms. The summed E-state index contributed by atoms with van der Waals surface area (Å²) in [7, 11) is 0. The van der Waals surface area contributed by atoms with Gasteiger partial charge in [-0.05, 0) is 32.1 Å². The maximum absolute atomic E-state index is 11.9. The molecule has 0 aliphatic heterocycles. The number of carbonyl (C=O) groups excluding carboxylic acids is 1. The normalized spacial score (nSPS) is 26.2. The van der Waals surface area contributed by atoms with Crippen molar-refractivity contribution in [3.05, 3.63) is 0 Å². The molecule has 98 valence electrons. The van der Waals surface area contributed by atoms with Gasteiger partial charge < -0.3 is 5.11 Å². The second-order valence-corrected chi connectivity index (χ2v) is 5.57. The summed E-state index contributed by atoms with van der Waals surface area (Å²) in [5, 5.41) is 8.95. The first-order chi connectivity index (χ1) is 8.31. The van der Waals surface area contributed by atoms with Crippen molar-refractivity contribution in [1.29, 1.82) is 0 Å². The minimum absolute atomic E-state index is 0.266. The van der Waals surface area contributed by atoms with Crippen molar-refractivity contribution in [3.63, 3.8) is 0 Å². The monoisotopic (exact) mass is 239 g/mol. The van der Waals surface area contributed by atoms with Gasteiger partial charge in [-0.1, -0.05) is 12.8 Å². The van der Waals surface area contributed by atoms with Crippen LogP contribution in [0.25, 0.3) is 0 Å². The molecule has 3 nitrogen and oxygen atoms in total. The lowest BCUT2D eigenvalue weighted by Gasteiger charge is -2.39. The van der Waals surface area contributed by atoms with Gasteiger partial charge in [-0.15, -0.1) is 0 Å². The molecule has 0 amide bonds. The fourth-order valence-electron chi connectivity index (χ4n) is 2.98. The second kappa shape index (κ2) is 6.50. The number of aliphatic hydroxyl groups excluding tert-OH is 1. The van der Waals surface area contributed by atoms with E-state index in [0.717, 1.165) is 38.8 Å². The zero-order valence-corrected chi connectivity index (χ0v) is 10.7. The fourth-order valence-corrected chi connectivity index (χ4v) is 2.98. The average molecular weight is 239 g/mol. The third kappa shape index (κ3) is 3.52. The summed E-state index contributed by atoms with van der Waals surface area (Å²) in [6.07, 6.45) is 8.93. The number of carbonyl (C=O) groups is 1. The molecule has 2 aliphatic rings. The lowest BCUT2D eigenvalue weighted by atomic mass is 9.85. The van der Waals surface area contributed by atoms with Gasteiger partial charge in [0.15, 0.2) is 0 Å². The van der Waals surface area contributed by atoms with E-state index in [9.17, 15) is 4.79 Å². The minimum Gasteiger partial charge on any atom is -0.396 e. The predicted molar refractivity (Wildman–Crippen MR) is 67.9 cm³/mol. The molecule has 0 radical (unpaired) electrons. The maximum atomic E-state index is 11.9. The Bertz CT molecular complexity index is 251. The molecule has 2 fully saturated rings. The predicted octanol–water partition coefficient (Wildman–Crippen LogP) is 1.98. The zero-order valence-electron chi connectivity index (χ0n) is 10.7. The largest absolute Gasteiger partial charge is 0.396 e. The summed E-state index contributed by atoms with van der Waals surface area (Å²) in [5.74, 6) is 0.757. The average Bonchev–Trinajstić information content (AvgIpc) is 2.26. The molecule has 2 aliphatic carbocycles. The summed E-state index contributed by atoms with van der Waals surface area (Å²) >= 11 is 0. The molecule has 0 aromatic rings. The van der Waals surface area contributed by atoms with E-state index in [1.54, 1.807) is 0 Å². The molecular formula is C14H25NO2. The van der Waals surface area contributed by atoms with Crippen molar-refractivity contribution >= 4 is 5.78 Å². The van der Waals surface area contributed by atoms with E-state index in [2.05, 4.69) is 4.90 Å². The molecule has 1 atom stereocenters. The number of rotatable bonds is 6. The molecule has 0 aromatic heterocycles. The molecule has 0 heterocycles. The highest BCUT2D eigenvalue weighted by Crippen LogP contribution is 2.28. The molecule has 1 unspecified atom stereocenters. The first-order valence-corrected chi connectivity index (χ1v) is 7.19. The Morgan fingerprint density at radius 1 is 1.18 bits per heavy atom. The van der Waals surface area contributed by atoms with E-state index in [1.807, 2.05) is 0 Å². The number of aliphatic hydroxyl groups is 1. The minimum atomic E-state index is 0.266. The first kappa shape index (κ1) is 13.0. The Morgan fingerprint density at radius 3 is 2.59 bits per heavy atom. The van der Waals surface area contributed by atoms with E-state index in [1.165, 1.54) is 25.7 Å². The first-order valence-electron chi connectivity index (χ1n) is 7.19. The van der Waals surface area contributed by atoms with Gasteiger partial charge >= 0.3 is 0 Å². The van der Waals surface area contributed by atoms with Crippen LogP contribution >= 0.6 is 0 Å². The lowest BCUT2D eigenvalue weighted by molar-refractivity contribution is -0.125. The van der Waals surface area contributed by atoms with Gasteiger partial charge in [0.2, 0.25) is 0 Å². The highest BCUT2D eigenvalue weighted by Gasteiger charge is 2.30. The van der Waals surface area contributed by atoms with Gasteiger partial charge in [0.1, 0.15) is 5.78 Å². The molecular weight excluding hydrogens is 214 g/mol. The summed E-state index contributed by atoms with van der Waals surface area (Å²) < 4.78 is 0. The quantitative estimate of drug-likeness (QED) is 0.770. The summed E-state index contributed by atoms with van der Waals surface area (Å²) in [6, 6.07) is 0.691. The van der Waals surface area contributed by atoms with Crippen molar-refractivity contribution in [3.8, 4) is 0 Å². The van der Waals surface area contributed by atoms with E-state index < -0.39 is 0 Å². The van der Waals surface area contributed by atoms with Crippen LogP contribution in [0.1, 0.15) is 51.4 Å². The number of hydrogen-bond donors (Lipinski definition) is 1. The third-order valence-corrected chi connectivity index (χ3v) is 4.33. The maximum Gasteiger partial charge on any atom is 0.137 e. The van der Waals surface area contributed by atoms with Gasteiger partial charge in [-0.2, -0.15) is 0 Å². The molecule has 3 heteroatoms. The molecule has 2 saturated carbocycles. The van der Waals surface area contributed by atoms with Crippen LogP contribution in [0.5, 0.6) is 0 Å². The van der Waals surface area contributed by atoms with Gasteiger partial charge in [0.25, 0.3) is 0 Å². The van der Waals surface area contributed by atoms with Crippen LogP contribution in [0.3, 0.4) is 0 Å². The summed E-state index contributed by atoms with van der Waals surface area (Å²) in [6.45, 7) is 2.18. The molecule has 0 saturated heterocycles. The van der Waals surface area contributed by atoms with Crippen molar-refractivity contribution in [1.82, 2.24) is 4.90 Å². The molecule has 17 heavy (non-hydrogen) atoms. The van der Waals surface area contributed by atoms with E-state index in [0.29, 0.717) is 11.8 Å². The molecule has 0 aromatic carbocycles. The van der Waals surface area contributed by atoms with Gasteiger partial charge in [-0.25, -0.2) is 0 Å². The number of nitrogens with zero attached hydrogens (tertiary/aromatic N) is 1. The van der Waals surface area contributed by atoms with Gasteiger partial charge in [0.05, 0.1) is 0 Å². The van der Waals surface area contributed by atoms with E-state index >= 15 is 0 Å². The Morgan fingerprint density at radius 2 is 2.00 bits per heavy atom. The fraction of sp³-hybridized carbons (Fsp3) is 0.929. The van der Waals surface area contributed by atoms with Crippen LogP contribution in [0.4, 0.5) is 0 Å². The van der Waals surface area contributed by atoms with Crippen molar-refractivity contribution < 1.29 is 9.90 Å². The lowest BCUT2D eigenvalue weighted by Crippen LogP contribution is -2.45. The van der Waals surface area contributed by atoms with Crippen LogP contribution in [0.2, 0.25) is 0 Å². The Hall–Kier alpha value is -0.410. The number of ketones is 1. The summed E-state index contributed by atoms with van der Waals surface area (Å²) in [4.78, 5) is 14.3. The highest BCUT2D eigenvalue weighted by atomic mass is 16.3. The number of Topliss-reactive ketones (excluding diaryl/α,β-unsaturated/α-hetero) is 1. The van der Waals surface area contributed by atoms with Crippen molar-refractivity contribution in [2.24, 2.45) is 5.92 Å². The van der Waals surface area contributed by atoms with Gasteiger partial charge in [-0.3, -0.25) is 9.69 Å². The SMILES string of the molecule is O=C1CCCCC1CN(CCCO)C1CCC1. The van der Waals surface area contributed by atoms with Crippen LogP contribution < -0.4 is 0 Å². The standard InChI is InChI=1S/C14H25NO2/c16-10-4-9-15(13-6-3-7-13)11-12-5-1-2-8-14(12)17/h12-13,16H,1-11H2. The Labute approximate surface area is 104 Å². The van der Waals surface area contributed by atoms with Crippen LogP contribution in [0.15, 0.2) is 0 Å². The van der Waals surface area contributed by atoms with Crippen molar-refractivity contribution in [2.75, 3.05) is 19.7 Å². The Kier molecular flexibility index (Phi) is 4.99. The second-order valence-electron chi connectivity index (χ2n) is 5.57. The van der Waals surface area contributed by atoms with Crippen LogP contribution in [0, 0.1) is 5.92 Å². The molecule has 1 N–H and O–H groups in total. The summed E-state index contributed by atoms with van der Waals surface area (Å²) in [5.41, 5.74) is 0. The Balaban J connectivity index is 1.84. The highest BCUT2D eigenvalue weighted by molar-refractivity contribution is 5.81. The smallest absolute Gasteiger partial charge is 0.137 e. The van der Waals surface area contributed by atoms with Crippen molar-refractivity contribution in [2.45, 2.75) is 57.4 Å². The van der Waals surface area contributed by atoms with E-state index in [4.69, 9.17) is 5.11 Å². The van der Waals surface area contributed by atoms with E-state index in [-0.39, 0.29) is 12.5 Å². The molecule has 2 rings (SSSR count). The zero-order chi connectivity index (χ0) is 12.1.